The molecular weight excluding hydrogens is 152 g/mol. The van der Waals surface area contributed by atoms with Gasteiger partial charge in [-0.3, -0.25) is 0 Å². The average Bonchev–Trinajstić information content (AvgIpc) is 2.06. The number of aliphatic hydroxyl groups is 1. The third-order valence-electron chi connectivity index (χ3n) is 2.51. The van der Waals surface area contributed by atoms with Crippen LogP contribution in [0.4, 0.5) is 0 Å². The molecule has 1 fully saturated rings. The van der Waals surface area contributed by atoms with Gasteiger partial charge in [-0.15, -0.1) is 0 Å². The number of rotatable bonds is 4. The van der Waals surface area contributed by atoms with Gasteiger partial charge in [0.25, 0.3) is 0 Å². The molecule has 12 heavy (non-hydrogen) atoms. The van der Waals surface area contributed by atoms with Gasteiger partial charge in [-0.05, 0) is 38.9 Å². The van der Waals surface area contributed by atoms with Crippen molar-refractivity contribution in [1.29, 1.82) is 0 Å². The number of nitrogens with one attached hydrogen (secondary N) is 1. The van der Waals surface area contributed by atoms with E-state index in [1.54, 1.807) is 0 Å². The number of nitrogens with zero attached hydrogens (tertiary/aromatic N) is 1. The standard InChI is InChI=1S/C9H20N2O/c1-10-7-9-3-2-4-11(8-9)5-6-12/h9-10,12H,2-8H2,1H3/t9-/m1/s1. The summed E-state index contributed by atoms with van der Waals surface area (Å²) < 4.78 is 0. The molecule has 1 saturated heterocycles. The first kappa shape index (κ1) is 9.96. The monoisotopic (exact) mass is 172 g/mol. The summed E-state index contributed by atoms with van der Waals surface area (Å²) in [5.74, 6) is 0.787. The average molecular weight is 172 g/mol. The van der Waals surface area contributed by atoms with Crippen molar-refractivity contribution in [2.24, 2.45) is 5.92 Å². The molecule has 72 valence electrons. The Kier molecular flexibility index (Phi) is 4.58. The molecule has 0 amide bonds. The molecule has 0 bridgehead atoms. The Morgan fingerprint density at radius 2 is 2.42 bits per heavy atom. The summed E-state index contributed by atoms with van der Waals surface area (Å²) in [6, 6.07) is 0. The molecule has 1 aliphatic rings. The van der Waals surface area contributed by atoms with E-state index in [2.05, 4.69) is 10.2 Å². The van der Waals surface area contributed by atoms with Gasteiger partial charge in [0.05, 0.1) is 6.61 Å². The highest BCUT2D eigenvalue weighted by Gasteiger charge is 2.18. The van der Waals surface area contributed by atoms with Crippen LogP contribution in [0.2, 0.25) is 0 Å². The molecule has 2 N–H and O–H groups in total. The van der Waals surface area contributed by atoms with E-state index in [0.29, 0.717) is 6.61 Å². The van der Waals surface area contributed by atoms with Crippen LogP contribution >= 0.6 is 0 Å². The molecule has 0 aromatic carbocycles. The van der Waals surface area contributed by atoms with Crippen LogP contribution in [0.5, 0.6) is 0 Å². The zero-order chi connectivity index (χ0) is 8.81. The van der Waals surface area contributed by atoms with E-state index < -0.39 is 0 Å². The Hall–Kier alpha value is -0.120. The van der Waals surface area contributed by atoms with Gasteiger partial charge in [0.15, 0.2) is 0 Å². The van der Waals surface area contributed by atoms with Gasteiger partial charge >= 0.3 is 0 Å². The van der Waals surface area contributed by atoms with Gasteiger partial charge in [-0.25, -0.2) is 0 Å². The minimum absolute atomic E-state index is 0.298. The summed E-state index contributed by atoms with van der Waals surface area (Å²) in [4.78, 5) is 2.35. The topological polar surface area (TPSA) is 35.5 Å². The number of hydrogen-bond donors (Lipinski definition) is 2. The number of likely N-dealkylation sites (tertiary alicyclic amines) is 1. The Labute approximate surface area is 74.8 Å². The summed E-state index contributed by atoms with van der Waals surface area (Å²) >= 11 is 0. The Balaban J connectivity index is 2.20. The Morgan fingerprint density at radius 3 is 3.08 bits per heavy atom. The Morgan fingerprint density at radius 1 is 1.58 bits per heavy atom. The van der Waals surface area contributed by atoms with Gasteiger partial charge in [0, 0.05) is 13.1 Å². The molecule has 0 spiro atoms. The van der Waals surface area contributed by atoms with Crippen molar-refractivity contribution in [2.45, 2.75) is 12.8 Å². The predicted octanol–water partition coefficient (Wildman–Crippen LogP) is -0.0899. The highest BCUT2D eigenvalue weighted by atomic mass is 16.3. The van der Waals surface area contributed by atoms with Crippen LogP contribution < -0.4 is 5.32 Å². The molecule has 3 heteroatoms. The van der Waals surface area contributed by atoms with E-state index in [9.17, 15) is 0 Å². The van der Waals surface area contributed by atoms with Gasteiger partial charge in [0.2, 0.25) is 0 Å². The molecule has 0 aromatic heterocycles. The quantitative estimate of drug-likeness (QED) is 0.622. The first-order valence-corrected chi connectivity index (χ1v) is 4.84. The van der Waals surface area contributed by atoms with Crippen molar-refractivity contribution in [3.63, 3.8) is 0 Å². The van der Waals surface area contributed by atoms with Crippen LogP contribution in [0.3, 0.4) is 0 Å². The van der Waals surface area contributed by atoms with Crippen molar-refractivity contribution in [3.05, 3.63) is 0 Å². The smallest absolute Gasteiger partial charge is 0.0558 e. The molecule has 0 radical (unpaired) electrons. The van der Waals surface area contributed by atoms with Gasteiger partial charge in [0.1, 0.15) is 0 Å². The van der Waals surface area contributed by atoms with Crippen molar-refractivity contribution < 1.29 is 5.11 Å². The highest BCUT2D eigenvalue weighted by Crippen LogP contribution is 2.14. The summed E-state index contributed by atoms with van der Waals surface area (Å²) in [7, 11) is 2.00. The van der Waals surface area contributed by atoms with Gasteiger partial charge in [-0.1, -0.05) is 0 Å². The van der Waals surface area contributed by atoms with Crippen LogP contribution in [-0.4, -0.2) is 49.8 Å². The molecule has 1 rings (SSSR count). The summed E-state index contributed by atoms with van der Waals surface area (Å²) in [6.45, 7) is 4.58. The second kappa shape index (κ2) is 5.51. The molecule has 3 nitrogen and oxygen atoms in total. The van der Waals surface area contributed by atoms with Crippen molar-refractivity contribution in [2.75, 3.05) is 39.8 Å². The lowest BCUT2D eigenvalue weighted by molar-refractivity contribution is 0.140. The maximum absolute atomic E-state index is 8.78. The SMILES string of the molecule is CNC[C@H]1CCCN(CCO)C1. The normalized spacial score (nSPS) is 26.0. The van der Waals surface area contributed by atoms with Crippen molar-refractivity contribution in [3.8, 4) is 0 Å². The zero-order valence-corrected chi connectivity index (χ0v) is 7.92. The summed E-state index contributed by atoms with van der Waals surface area (Å²) in [5, 5.41) is 12.0. The number of aliphatic hydroxyl groups excluding tert-OH is 1. The van der Waals surface area contributed by atoms with E-state index in [1.807, 2.05) is 7.05 Å². The maximum atomic E-state index is 8.78. The van der Waals surface area contributed by atoms with Crippen LogP contribution in [-0.2, 0) is 0 Å². The molecule has 1 atom stereocenters. The van der Waals surface area contributed by atoms with Gasteiger partial charge < -0.3 is 15.3 Å². The van der Waals surface area contributed by atoms with Crippen LogP contribution in [0.15, 0.2) is 0 Å². The second-order valence-electron chi connectivity index (χ2n) is 3.59. The van der Waals surface area contributed by atoms with E-state index in [0.717, 1.165) is 25.6 Å². The highest BCUT2D eigenvalue weighted by molar-refractivity contribution is 4.73. The minimum atomic E-state index is 0.298. The minimum Gasteiger partial charge on any atom is -0.395 e. The molecular formula is C9H20N2O. The van der Waals surface area contributed by atoms with E-state index in [4.69, 9.17) is 5.11 Å². The molecule has 0 aliphatic carbocycles. The first-order valence-electron chi connectivity index (χ1n) is 4.84. The fraction of sp³-hybridized carbons (Fsp3) is 1.00. The number of piperidine rings is 1. The lowest BCUT2D eigenvalue weighted by Gasteiger charge is -2.32. The molecule has 1 heterocycles. The van der Waals surface area contributed by atoms with E-state index in [1.165, 1.54) is 19.4 Å². The van der Waals surface area contributed by atoms with Crippen molar-refractivity contribution in [1.82, 2.24) is 10.2 Å². The van der Waals surface area contributed by atoms with E-state index >= 15 is 0 Å². The number of hydrogen-bond acceptors (Lipinski definition) is 3. The molecule has 1 aliphatic heterocycles. The lowest BCUT2D eigenvalue weighted by atomic mass is 9.98. The zero-order valence-electron chi connectivity index (χ0n) is 7.92. The fourth-order valence-corrected chi connectivity index (χ4v) is 1.95. The summed E-state index contributed by atoms with van der Waals surface area (Å²) in [5.41, 5.74) is 0. The van der Waals surface area contributed by atoms with Crippen LogP contribution in [0, 0.1) is 5.92 Å². The molecule has 0 unspecified atom stereocenters. The van der Waals surface area contributed by atoms with E-state index in [-0.39, 0.29) is 0 Å². The van der Waals surface area contributed by atoms with Gasteiger partial charge in [-0.2, -0.15) is 0 Å². The third-order valence-corrected chi connectivity index (χ3v) is 2.51. The third kappa shape index (κ3) is 3.09. The molecule has 0 saturated carbocycles. The first-order chi connectivity index (χ1) is 5.86. The van der Waals surface area contributed by atoms with Crippen molar-refractivity contribution >= 4 is 0 Å². The summed E-state index contributed by atoms with van der Waals surface area (Å²) in [6.07, 6.45) is 2.62. The maximum Gasteiger partial charge on any atom is 0.0558 e. The molecule has 0 aromatic rings. The largest absolute Gasteiger partial charge is 0.395 e. The predicted molar refractivity (Wildman–Crippen MR) is 50.2 cm³/mol. The lowest BCUT2D eigenvalue weighted by Crippen LogP contribution is -2.40. The van der Waals surface area contributed by atoms with Crippen LogP contribution in [0.1, 0.15) is 12.8 Å². The fourth-order valence-electron chi connectivity index (χ4n) is 1.95. The van der Waals surface area contributed by atoms with Crippen LogP contribution in [0.25, 0.3) is 0 Å². The number of β-amino-alcohol motifs (C(OH)–C–C–N with tert-alkyl or cyclic N) is 1. The Bertz CT molecular complexity index is 103. The second-order valence-corrected chi connectivity index (χ2v) is 3.59.